The molecule has 246 valence electrons. The lowest BCUT2D eigenvalue weighted by Gasteiger charge is -2.49. The monoisotopic (exact) mass is 675 g/mol. The molecule has 47 heavy (non-hydrogen) atoms. The second-order valence-electron chi connectivity index (χ2n) is 13.8. The summed E-state index contributed by atoms with van der Waals surface area (Å²) in [5.74, 6) is 2.43. The zero-order valence-electron chi connectivity index (χ0n) is 26.8. The van der Waals surface area contributed by atoms with Crippen molar-refractivity contribution in [3.05, 3.63) is 81.4 Å². The highest BCUT2D eigenvalue weighted by molar-refractivity contribution is 6.31. The number of rotatable bonds is 5. The van der Waals surface area contributed by atoms with Crippen LogP contribution in [0.15, 0.2) is 59.7 Å². The number of nitrogens with one attached hydrogen (secondary N) is 2. The molecule has 2 saturated heterocycles. The fraction of sp³-hybridized carbons (Fsp3) is 0.432. The molecule has 3 heterocycles. The molecule has 3 aliphatic heterocycles. The van der Waals surface area contributed by atoms with Crippen LogP contribution < -0.4 is 15.4 Å². The molecule has 1 unspecified atom stereocenters. The number of piperidine rings is 2. The van der Waals surface area contributed by atoms with E-state index < -0.39 is 23.0 Å². The molecular formula is C37H39Cl2N3O5. The van der Waals surface area contributed by atoms with Crippen LogP contribution in [0.2, 0.25) is 5.02 Å². The van der Waals surface area contributed by atoms with Crippen molar-refractivity contribution in [3.63, 3.8) is 0 Å². The van der Waals surface area contributed by atoms with Crippen molar-refractivity contribution in [1.29, 1.82) is 0 Å². The Morgan fingerprint density at radius 1 is 1.11 bits per heavy atom. The van der Waals surface area contributed by atoms with Crippen LogP contribution in [0.4, 0.5) is 10.5 Å². The Morgan fingerprint density at radius 3 is 2.57 bits per heavy atom. The van der Waals surface area contributed by atoms with Gasteiger partial charge in [0.15, 0.2) is 0 Å². The number of likely N-dealkylation sites (tertiary alicyclic amines) is 1. The summed E-state index contributed by atoms with van der Waals surface area (Å²) in [6.07, 6.45) is 13.5. The largest absolute Gasteiger partial charge is 0.493 e. The highest BCUT2D eigenvalue weighted by atomic mass is 35.5. The highest BCUT2D eigenvalue weighted by Crippen LogP contribution is 2.58. The topological polar surface area (TPSA) is 97.0 Å². The third-order valence-corrected chi connectivity index (χ3v) is 10.1. The van der Waals surface area contributed by atoms with Gasteiger partial charge in [0, 0.05) is 46.4 Å². The molecule has 2 aromatic rings. The molecule has 2 aromatic carbocycles. The molecule has 0 saturated carbocycles. The summed E-state index contributed by atoms with van der Waals surface area (Å²) in [6.45, 7) is 7.11. The number of fused-ring (bicyclic) bond motifs is 2. The Morgan fingerprint density at radius 2 is 1.87 bits per heavy atom. The summed E-state index contributed by atoms with van der Waals surface area (Å²) in [5.41, 5.74) is 0.839. The van der Waals surface area contributed by atoms with E-state index in [0.29, 0.717) is 58.7 Å². The van der Waals surface area contributed by atoms with Gasteiger partial charge in [-0.3, -0.25) is 9.59 Å². The van der Waals surface area contributed by atoms with E-state index in [9.17, 15) is 14.4 Å². The number of hydrogen-bond acceptors (Lipinski definition) is 5. The molecule has 0 bridgehead atoms. The van der Waals surface area contributed by atoms with E-state index in [4.69, 9.17) is 39.1 Å². The van der Waals surface area contributed by atoms with Gasteiger partial charge in [-0.1, -0.05) is 47.3 Å². The predicted molar refractivity (Wildman–Crippen MR) is 182 cm³/mol. The molecule has 2 fully saturated rings. The molecule has 6 rings (SSSR count). The molecule has 1 spiro atoms. The molecule has 4 atom stereocenters. The Kier molecular flexibility index (Phi) is 9.08. The van der Waals surface area contributed by atoms with Gasteiger partial charge >= 0.3 is 6.09 Å². The number of terminal acetylenes is 1. The highest BCUT2D eigenvalue weighted by Gasteiger charge is 2.62. The van der Waals surface area contributed by atoms with E-state index >= 15 is 0 Å². The number of ether oxygens (including phenoxy) is 2. The zero-order chi connectivity index (χ0) is 33.5. The molecule has 8 nitrogen and oxygen atoms in total. The van der Waals surface area contributed by atoms with E-state index in [1.54, 1.807) is 23.1 Å². The fourth-order valence-electron chi connectivity index (χ4n) is 7.46. The van der Waals surface area contributed by atoms with Crippen LogP contribution >= 0.6 is 23.2 Å². The minimum Gasteiger partial charge on any atom is -0.493 e. The Balaban J connectivity index is 1.35. The van der Waals surface area contributed by atoms with E-state index in [-0.39, 0.29) is 36.2 Å². The van der Waals surface area contributed by atoms with Crippen LogP contribution in [0.1, 0.15) is 69.2 Å². The van der Waals surface area contributed by atoms with Crippen molar-refractivity contribution < 1.29 is 23.9 Å². The maximum absolute atomic E-state index is 14.5. The number of carbonyl (C=O) groups excluding carboxylic acids is 3. The molecule has 2 N–H and O–H groups in total. The average Bonchev–Trinajstić information content (AvgIpc) is 3.31. The molecule has 0 aromatic heterocycles. The van der Waals surface area contributed by atoms with Gasteiger partial charge in [-0.05, 0) is 99.8 Å². The lowest BCUT2D eigenvalue weighted by molar-refractivity contribution is -0.135. The molecular weight excluding hydrogens is 637 g/mol. The fourth-order valence-corrected chi connectivity index (χ4v) is 7.88. The molecule has 1 aliphatic carbocycles. The maximum atomic E-state index is 14.5. The molecule has 10 heteroatoms. The molecule has 4 aliphatic rings. The van der Waals surface area contributed by atoms with Crippen LogP contribution in [-0.4, -0.2) is 48.1 Å². The number of hydrogen-bond donors (Lipinski definition) is 2. The smallest absolute Gasteiger partial charge is 0.410 e. The summed E-state index contributed by atoms with van der Waals surface area (Å²) in [5, 5.41) is 7.43. The second kappa shape index (κ2) is 12.9. The van der Waals surface area contributed by atoms with E-state index in [1.165, 1.54) is 0 Å². The first-order valence-electron chi connectivity index (χ1n) is 16.0. The summed E-state index contributed by atoms with van der Waals surface area (Å²) in [6, 6.07) is 10.1. The van der Waals surface area contributed by atoms with Gasteiger partial charge < -0.3 is 25.0 Å². The van der Waals surface area contributed by atoms with E-state index in [1.807, 2.05) is 57.2 Å². The van der Waals surface area contributed by atoms with Crippen molar-refractivity contribution in [2.24, 2.45) is 17.8 Å². The first kappa shape index (κ1) is 33.0. The number of nitrogens with zero attached hydrogens (tertiary/aromatic N) is 1. The minimum absolute atomic E-state index is 0.131. The number of benzene rings is 2. The van der Waals surface area contributed by atoms with Gasteiger partial charge in [0.25, 0.3) is 0 Å². The van der Waals surface area contributed by atoms with Gasteiger partial charge in [0.1, 0.15) is 16.8 Å². The van der Waals surface area contributed by atoms with E-state index in [0.717, 1.165) is 18.4 Å². The first-order valence-corrected chi connectivity index (χ1v) is 16.8. The van der Waals surface area contributed by atoms with Crippen molar-refractivity contribution in [1.82, 2.24) is 10.2 Å². The minimum atomic E-state index is -1.21. The van der Waals surface area contributed by atoms with Crippen LogP contribution in [0.5, 0.6) is 5.75 Å². The SMILES string of the molecule is C#Cc1ccc(OCC2CCN(C(=O)OC(C)(C)C)CC2)c([C@@H]2NC(=O)C[C@@H](C3C=CC=C(Cl)C3)[C@]23C(=O)Nc2cc(Cl)ccc23)c1. The van der Waals surface area contributed by atoms with Crippen LogP contribution in [0, 0.1) is 30.1 Å². The summed E-state index contributed by atoms with van der Waals surface area (Å²) in [4.78, 5) is 42.4. The normalized spacial score (nSPS) is 25.8. The first-order chi connectivity index (χ1) is 22.4. The summed E-state index contributed by atoms with van der Waals surface area (Å²) >= 11 is 12.9. The van der Waals surface area contributed by atoms with Crippen molar-refractivity contribution >= 4 is 46.8 Å². The lowest BCUT2D eigenvalue weighted by atomic mass is 9.57. The lowest BCUT2D eigenvalue weighted by Crippen LogP contribution is -2.59. The predicted octanol–water partition coefficient (Wildman–Crippen LogP) is 7.11. The van der Waals surface area contributed by atoms with Crippen LogP contribution in [0.3, 0.4) is 0 Å². The third-order valence-electron chi connectivity index (χ3n) is 9.61. The number of anilines is 1. The Labute approximate surface area is 285 Å². The summed E-state index contributed by atoms with van der Waals surface area (Å²) < 4.78 is 12.1. The van der Waals surface area contributed by atoms with Gasteiger partial charge in [0.2, 0.25) is 11.8 Å². The average molecular weight is 677 g/mol. The zero-order valence-corrected chi connectivity index (χ0v) is 28.3. The van der Waals surface area contributed by atoms with Gasteiger partial charge in [0.05, 0.1) is 12.6 Å². The summed E-state index contributed by atoms with van der Waals surface area (Å²) in [7, 11) is 0. The van der Waals surface area contributed by atoms with Gasteiger partial charge in [-0.15, -0.1) is 6.42 Å². The molecule has 0 radical (unpaired) electrons. The van der Waals surface area contributed by atoms with E-state index in [2.05, 4.69) is 16.6 Å². The standard InChI is InChI=1S/C37H39Cl2N3O5/c1-5-22-9-12-31(46-21-23-13-15-42(16-14-23)35(45)47-36(2,3)4)27(17-22)33-37(28-11-10-26(39)19-30(28)40-34(37)44)29(20-32(43)41-33)24-7-6-8-25(38)18-24/h1,6-12,17,19,23-24,29,33H,13-16,18,20-21H2,2-4H3,(H,40,44)(H,41,43)/t24?,29-,33-,37-/m0/s1. The quantitative estimate of drug-likeness (QED) is 0.329. The Bertz CT molecular complexity index is 1700. The number of carbonyl (C=O) groups is 3. The van der Waals surface area contributed by atoms with Gasteiger partial charge in [-0.2, -0.15) is 0 Å². The second-order valence-corrected chi connectivity index (χ2v) is 14.7. The van der Waals surface area contributed by atoms with Crippen LogP contribution in [0.25, 0.3) is 0 Å². The maximum Gasteiger partial charge on any atom is 0.410 e. The van der Waals surface area contributed by atoms with Crippen LogP contribution in [-0.2, 0) is 19.7 Å². The number of amides is 3. The molecule has 3 amide bonds. The Hall–Kier alpha value is -3.93. The number of halogens is 2. The van der Waals surface area contributed by atoms with Crippen molar-refractivity contribution in [2.75, 3.05) is 25.0 Å². The third kappa shape index (κ3) is 6.48. The van der Waals surface area contributed by atoms with Gasteiger partial charge in [-0.25, -0.2) is 4.79 Å². The van der Waals surface area contributed by atoms with Crippen molar-refractivity contribution in [2.45, 2.75) is 63.5 Å². The van der Waals surface area contributed by atoms with Crippen molar-refractivity contribution in [3.8, 4) is 18.1 Å². The number of allylic oxidation sites excluding steroid dienone is 4.